The number of amides is 2. The number of methoxy groups -OCH3 is 4. The molecule has 170 valence electrons. The Balaban J connectivity index is 2.36. The van der Waals surface area contributed by atoms with Crippen LogP contribution in [0.5, 0.6) is 0 Å². The van der Waals surface area contributed by atoms with Crippen molar-refractivity contribution in [2.45, 2.75) is 42.9 Å². The van der Waals surface area contributed by atoms with E-state index in [-0.39, 0.29) is 19.4 Å². The lowest BCUT2D eigenvalue weighted by molar-refractivity contribution is -0.374. The summed E-state index contributed by atoms with van der Waals surface area (Å²) in [6, 6.07) is -0.943. The first-order chi connectivity index (χ1) is 14.2. The van der Waals surface area contributed by atoms with Crippen LogP contribution in [0.15, 0.2) is 0 Å². The minimum Gasteiger partial charge on any atom is -0.465 e. The van der Waals surface area contributed by atoms with E-state index in [1.54, 1.807) is 0 Å². The number of ether oxygens (including phenoxy) is 8. The van der Waals surface area contributed by atoms with Crippen LogP contribution in [-0.2, 0) is 47.5 Å². The van der Waals surface area contributed by atoms with E-state index < -0.39 is 54.1 Å². The molecule has 2 saturated heterocycles. The number of primary amides is 1. The van der Waals surface area contributed by atoms with E-state index in [2.05, 4.69) is 10.1 Å². The molecule has 0 aliphatic carbocycles. The third kappa shape index (κ3) is 4.56. The average Bonchev–Trinajstić information content (AvgIpc) is 3.11. The highest BCUT2D eigenvalue weighted by Crippen LogP contribution is 2.38. The lowest BCUT2D eigenvalue weighted by Crippen LogP contribution is -2.64. The van der Waals surface area contributed by atoms with E-state index in [0.29, 0.717) is 0 Å². The van der Waals surface area contributed by atoms with Crippen LogP contribution in [0.25, 0.3) is 0 Å². The number of esters is 2. The van der Waals surface area contributed by atoms with Crippen molar-refractivity contribution in [1.82, 2.24) is 5.32 Å². The normalized spacial score (nSPS) is 29.6. The molecule has 14 heteroatoms. The van der Waals surface area contributed by atoms with Gasteiger partial charge in [0, 0.05) is 20.6 Å². The van der Waals surface area contributed by atoms with Gasteiger partial charge in [-0.25, -0.2) is 19.2 Å². The molecule has 2 aliphatic rings. The SMILES string of the molecule is COC(=O)[C@@](CCOC(N)=O)(OC)OC1O[C@@](OC)(C(=O)OC)CC2OC(=O)N[C@H]21. The van der Waals surface area contributed by atoms with Crippen molar-refractivity contribution in [3.8, 4) is 0 Å². The van der Waals surface area contributed by atoms with Crippen LogP contribution < -0.4 is 11.1 Å². The average molecular weight is 436 g/mol. The summed E-state index contributed by atoms with van der Waals surface area (Å²) in [6.45, 7) is -0.381. The van der Waals surface area contributed by atoms with Gasteiger partial charge >= 0.3 is 24.1 Å². The van der Waals surface area contributed by atoms with Gasteiger partial charge in [-0.1, -0.05) is 0 Å². The second-order valence-electron chi connectivity index (χ2n) is 6.24. The Kier molecular flexibility index (Phi) is 7.41. The van der Waals surface area contributed by atoms with Crippen LogP contribution in [0.1, 0.15) is 12.8 Å². The van der Waals surface area contributed by atoms with Gasteiger partial charge in [0.25, 0.3) is 11.6 Å². The smallest absolute Gasteiger partial charge is 0.408 e. The van der Waals surface area contributed by atoms with Crippen molar-refractivity contribution in [3.05, 3.63) is 0 Å². The Labute approximate surface area is 171 Å². The monoisotopic (exact) mass is 436 g/mol. The van der Waals surface area contributed by atoms with Crippen LogP contribution in [0, 0.1) is 0 Å². The third-order valence-corrected chi connectivity index (χ3v) is 4.65. The Bertz CT molecular complexity index is 687. The molecule has 0 radical (unpaired) electrons. The summed E-state index contributed by atoms with van der Waals surface area (Å²) in [5.41, 5.74) is 4.93. The van der Waals surface area contributed by atoms with Crippen LogP contribution in [0.4, 0.5) is 9.59 Å². The minimum absolute atomic E-state index is 0.206. The number of fused-ring (bicyclic) bond motifs is 1. The first kappa shape index (κ1) is 23.6. The molecule has 0 aromatic carbocycles. The van der Waals surface area contributed by atoms with Crippen molar-refractivity contribution in [2.75, 3.05) is 35.0 Å². The number of hydrogen-bond acceptors (Lipinski definition) is 12. The highest BCUT2D eigenvalue weighted by molar-refractivity contribution is 5.79. The fraction of sp³-hybridized carbons (Fsp3) is 0.750. The summed E-state index contributed by atoms with van der Waals surface area (Å²) >= 11 is 0. The van der Waals surface area contributed by atoms with Gasteiger partial charge in [-0.2, -0.15) is 0 Å². The molecule has 2 unspecified atom stereocenters. The molecule has 3 N–H and O–H groups in total. The molecule has 0 saturated carbocycles. The first-order valence-electron chi connectivity index (χ1n) is 8.69. The van der Waals surface area contributed by atoms with Gasteiger partial charge < -0.3 is 48.9 Å². The topological polar surface area (TPSA) is 180 Å². The maximum Gasteiger partial charge on any atom is 0.408 e. The van der Waals surface area contributed by atoms with Gasteiger partial charge in [0.2, 0.25) is 0 Å². The zero-order valence-corrected chi connectivity index (χ0v) is 16.8. The number of rotatable bonds is 9. The third-order valence-electron chi connectivity index (χ3n) is 4.65. The van der Waals surface area contributed by atoms with E-state index in [4.69, 9.17) is 38.9 Å². The molecule has 5 atom stereocenters. The molecular formula is C16H24N2O12. The summed E-state index contributed by atoms with van der Waals surface area (Å²) in [4.78, 5) is 47.4. The molecular weight excluding hydrogens is 412 g/mol. The predicted octanol–water partition coefficient (Wildman–Crippen LogP) is -1.26. The molecule has 2 rings (SSSR count). The van der Waals surface area contributed by atoms with Crippen LogP contribution >= 0.6 is 0 Å². The maximum atomic E-state index is 12.5. The quantitative estimate of drug-likeness (QED) is 0.249. The molecule has 0 aromatic heterocycles. The number of nitrogens with two attached hydrogens (primary N) is 1. The number of carbonyl (C=O) groups is 4. The number of nitrogens with one attached hydrogen (secondary N) is 1. The number of alkyl carbamates (subject to hydrolysis) is 1. The Morgan fingerprint density at radius 1 is 1.23 bits per heavy atom. The fourth-order valence-electron chi connectivity index (χ4n) is 3.13. The highest BCUT2D eigenvalue weighted by Gasteiger charge is 2.60. The van der Waals surface area contributed by atoms with Gasteiger partial charge in [0.1, 0.15) is 12.1 Å². The fourth-order valence-corrected chi connectivity index (χ4v) is 3.13. The largest absolute Gasteiger partial charge is 0.465 e. The lowest BCUT2D eigenvalue weighted by Gasteiger charge is -2.44. The molecule has 2 amide bonds. The Morgan fingerprint density at radius 3 is 2.47 bits per heavy atom. The van der Waals surface area contributed by atoms with Crippen molar-refractivity contribution >= 4 is 24.1 Å². The van der Waals surface area contributed by atoms with E-state index in [9.17, 15) is 19.2 Å². The highest BCUT2D eigenvalue weighted by atomic mass is 16.8. The number of carbonyl (C=O) groups excluding carboxylic acids is 4. The maximum absolute atomic E-state index is 12.5. The van der Waals surface area contributed by atoms with Crippen molar-refractivity contribution in [3.63, 3.8) is 0 Å². The van der Waals surface area contributed by atoms with Crippen LogP contribution in [0.3, 0.4) is 0 Å². The van der Waals surface area contributed by atoms with E-state index in [0.717, 1.165) is 21.3 Å². The minimum atomic E-state index is -2.15. The molecule has 0 spiro atoms. The Hall–Kier alpha value is -2.68. The summed E-state index contributed by atoms with van der Waals surface area (Å²) in [7, 11) is 4.51. The first-order valence-corrected chi connectivity index (χ1v) is 8.69. The van der Waals surface area contributed by atoms with Crippen molar-refractivity contribution in [1.29, 1.82) is 0 Å². The van der Waals surface area contributed by atoms with E-state index >= 15 is 0 Å². The second-order valence-corrected chi connectivity index (χ2v) is 6.24. The molecule has 30 heavy (non-hydrogen) atoms. The van der Waals surface area contributed by atoms with Crippen LogP contribution in [-0.4, -0.2) is 89.2 Å². The lowest BCUT2D eigenvalue weighted by atomic mass is 9.97. The van der Waals surface area contributed by atoms with E-state index in [1.807, 2.05) is 0 Å². The predicted molar refractivity (Wildman–Crippen MR) is 91.4 cm³/mol. The Morgan fingerprint density at radius 2 is 1.93 bits per heavy atom. The second kappa shape index (κ2) is 9.42. The number of hydrogen-bond donors (Lipinski definition) is 2. The molecule has 2 aliphatic heterocycles. The standard InChI is InChI=1S/C16H24N2O12/c1-23-11(19)15(25-3,5-6-27-13(17)21)29-10-9-8(28-14(22)18-9)7-16(26-4,30-10)12(20)24-2/h8-10H,5-7H2,1-4H3,(H2,17,21)(H,18,22)/t8?,9-,10?,15+,16-/m1/s1. The molecule has 2 heterocycles. The van der Waals surface area contributed by atoms with Crippen molar-refractivity contribution < 1.29 is 57.1 Å². The summed E-state index contributed by atoms with van der Waals surface area (Å²) in [6.07, 6.45) is -4.87. The zero-order valence-electron chi connectivity index (χ0n) is 16.8. The van der Waals surface area contributed by atoms with E-state index in [1.165, 1.54) is 7.11 Å². The molecule has 0 bridgehead atoms. The van der Waals surface area contributed by atoms with Crippen molar-refractivity contribution in [2.24, 2.45) is 5.73 Å². The van der Waals surface area contributed by atoms with Gasteiger partial charge in [-0.05, 0) is 0 Å². The molecule has 14 nitrogen and oxygen atoms in total. The summed E-state index contributed by atoms with van der Waals surface area (Å²) < 4.78 is 41.1. The summed E-state index contributed by atoms with van der Waals surface area (Å²) in [5.74, 6) is -6.07. The molecule has 0 aromatic rings. The van der Waals surface area contributed by atoms with Gasteiger partial charge in [0.05, 0.1) is 27.2 Å². The van der Waals surface area contributed by atoms with Gasteiger partial charge in [0.15, 0.2) is 6.29 Å². The zero-order chi connectivity index (χ0) is 22.5. The molecule has 2 fully saturated rings. The summed E-state index contributed by atoms with van der Waals surface area (Å²) in [5, 5.41) is 2.47. The van der Waals surface area contributed by atoms with Crippen LogP contribution in [0.2, 0.25) is 0 Å². The van der Waals surface area contributed by atoms with Gasteiger partial charge in [-0.3, -0.25) is 0 Å². The van der Waals surface area contributed by atoms with Gasteiger partial charge in [-0.15, -0.1) is 0 Å².